The van der Waals surface area contributed by atoms with Crippen molar-refractivity contribution < 1.29 is 4.79 Å². The molecule has 0 radical (unpaired) electrons. The summed E-state index contributed by atoms with van der Waals surface area (Å²) in [6.45, 7) is 8.26. The van der Waals surface area contributed by atoms with Gasteiger partial charge in [-0.25, -0.2) is 0 Å². The van der Waals surface area contributed by atoms with Crippen molar-refractivity contribution in [2.24, 2.45) is 11.8 Å². The fourth-order valence-electron chi connectivity index (χ4n) is 3.11. The van der Waals surface area contributed by atoms with E-state index in [0.717, 1.165) is 31.9 Å². The van der Waals surface area contributed by atoms with E-state index in [1.807, 2.05) is 12.1 Å². The predicted molar refractivity (Wildman–Crippen MR) is 91.8 cm³/mol. The highest BCUT2D eigenvalue weighted by Gasteiger charge is 2.21. The van der Waals surface area contributed by atoms with Crippen molar-refractivity contribution in [2.45, 2.75) is 39.7 Å². The lowest BCUT2D eigenvalue weighted by Gasteiger charge is -2.27. The number of piperidine rings is 1. The fraction of sp³-hybridized carbons (Fsp3) is 0.611. The Kier molecular flexibility index (Phi) is 6.87. The van der Waals surface area contributed by atoms with E-state index in [0.29, 0.717) is 18.3 Å². The standard InChI is InChI=1S/C18H29N3O/c1-3-19-13-15-5-4-6-17(12-15)21-18(22)11-14(2)16-7-9-20-10-8-16/h4-6,12,14,16,19-20H,3,7-11,13H2,1-2H3,(H,21,22). The summed E-state index contributed by atoms with van der Waals surface area (Å²) >= 11 is 0. The summed E-state index contributed by atoms with van der Waals surface area (Å²) in [6.07, 6.45) is 2.99. The second-order valence-electron chi connectivity index (χ2n) is 6.30. The largest absolute Gasteiger partial charge is 0.326 e. The van der Waals surface area contributed by atoms with Crippen molar-refractivity contribution in [2.75, 3.05) is 25.0 Å². The summed E-state index contributed by atoms with van der Waals surface area (Å²) in [4.78, 5) is 12.2. The van der Waals surface area contributed by atoms with Crippen LogP contribution < -0.4 is 16.0 Å². The average molecular weight is 303 g/mol. The van der Waals surface area contributed by atoms with Crippen LogP contribution in [-0.4, -0.2) is 25.5 Å². The first kappa shape index (κ1) is 17.0. The van der Waals surface area contributed by atoms with E-state index >= 15 is 0 Å². The second kappa shape index (κ2) is 8.91. The van der Waals surface area contributed by atoms with Crippen LogP contribution >= 0.6 is 0 Å². The number of hydrogen-bond donors (Lipinski definition) is 3. The molecule has 0 saturated carbocycles. The Hall–Kier alpha value is -1.39. The van der Waals surface area contributed by atoms with Crippen molar-refractivity contribution in [3.8, 4) is 0 Å². The number of hydrogen-bond acceptors (Lipinski definition) is 3. The van der Waals surface area contributed by atoms with E-state index in [1.165, 1.54) is 18.4 Å². The van der Waals surface area contributed by atoms with Gasteiger partial charge in [-0.2, -0.15) is 0 Å². The molecule has 1 aliphatic rings. The molecule has 4 nitrogen and oxygen atoms in total. The quantitative estimate of drug-likeness (QED) is 0.726. The van der Waals surface area contributed by atoms with E-state index < -0.39 is 0 Å². The number of carbonyl (C=O) groups is 1. The summed E-state index contributed by atoms with van der Waals surface area (Å²) in [7, 11) is 0. The molecule has 0 aromatic heterocycles. The van der Waals surface area contributed by atoms with Gasteiger partial charge in [-0.05, 0) is 62.0 Å². The van der Waals surface area contributed by atoms with Gasteiger partial charge in [0.25, 0.3) is 0 Å². The third kappa shape index (κ3) is 5.43. The monoisotopic (exact) mass is 303 g/mol. The van der Waals surface area contributed by atoms with Gasteiger partial charge in [0.05, 0.1) is 0 Å². The van der Waals surface area contributed by atoms with Crippen LogP contribution in [0.15, 0.2) is 24.3 Å². The van der Waals surface area contributed by atoms with Gasteiger partial charge in [0.1, 0.15) is 0 Å². The van der Waals surface area contributed by atoms with Gasteiger partial charge in [-0.1, -0.05) is 26.0 Å². The third-order valence-electron chi connectivity index (χ3n) is 4.49. The molecule has 22 heavy (non-hydrogen) atoms. The lowest BCUT2D eigenvalue weighted by molar-refractivity contribution is -0.117. The maximum absolute atomic E-state index is 12.2. The molecule has 0 bridgehead atoms. The number of carbonyl (C=O) groups excluding carboxylic acids is 1. The minimum Gasteiger partial charge on any atom is -0.326 e. The number of anilines is 1. The molecular weight excluding hydrogens is 274 g/mol. The predicted octanol–water partition coefficient (Wildman–Crippen LogP) is 2.76. The molecule has 122 valence electrons. The van der Waals surface area contributed by atoms with E-state index in [4.69, 9.17) is 0 Å². The van der Waals surface area contributed by atoms with Crippen LogP contribution in [0.25, 0.3) is 0 Å². The minimum absolute atomic E-state index is 0.131. The Labute approximate surface area is 134 Å². The maximum atomic E-state index is 12.2. The first-order chi connectivity index (χ1) is 10.7. The molecule has 3 N–H and O–H groups in total. The van der Waals surface area contributed by atoms with Crippen LogP contribution in [0.1, 0.15) is 38.7 Å². The van der Waals surface area contributed by atoms with Crippen LogP contribution in [-0.2, 0) is 11.3 Å². The summed E-state index contributed by atoms with van der Waals surface area (Å²) in [5.41, 5.74) is 2.10. The van der Waals surface area contributed by atoms with Crippen LogP contribution in [0.4, 0.5) is 5.69 Å². The Morgan fingerprint density at radius 2 is 2.14 bits per heavy atom. The molecule has 1 amide bonds. The van der Waals surface area contributed by atoms with Crippen LogP contribution in [0.2, 0.25) is 0 Å². The maximum Gasteiger partial charge on any atom is 0.224 e. The van der Waals surface area contributed by atoms with Gasteiger partial charge >= 0.3 is 0 Å². The van der Waals surface area contributed by atoms with Gasteiger partial charge in [0.2, 0.25) is 5.91 Å². The molecule has 0 spiro atoms. The average Bonchev–Trinajstić information content (AvgIpc) is 2.54. The minimum atomic E-state index is 0.131. The van der Waals surface area contributed by atoms with Gasteiger partial charge in [-0.15, -0.1) is 0 Å². The molecule has 1 aromatic rings. The molecular formula is C18H29N3O. The van der Waals surface area contributed by atoms with E-state index in [2.05, 4.69) is 41.9 Å². The molecule has 1 aromatic carbocycles. The summed E-state index contributed by atoms with van der Waals surface area (Å²) in [5, 5.41) is 9.73. The smallest absolute Gasteiger partial charge is 0.224 e. The Morgan fingerprint density at radius 1 is 1.36 bits per heavy atom. The fourth-order valence-corrected chi connectivity index (χ4v) is 3.11. The van der Waals surface area contributed by atoms with Crippen LogP contribution in [0, 0.1) is 11.8 Å². The molecule has 0 aliphatic carbocycles. The van der Waals surface area contributed by atoms with Crippen molar-refractivity contribution >= 4 is 11.6 Å². The summed E-state index contributed by atoms with van der Waals surface area (Å²) < 4.78 is 0. The van der Waals surface area contributed by atoms with Crippen molar-refractivity contribution in [3.05, 3.63) is 29.8 Å². The lowest BCUT2D eigenvalue weighted by atomic mass is 9.84. The van der Waals surface area contributed by atoms with Crippen LogP contribution in [0.5, 0.6) is 0 Å². The van der Waals surface area contributed by atoms with Crippen LogP contribution in [0.3, 0.4) is 0 Å². The van der Waals surface area contributed by atoms with Gasteiger partial charge in [-0.3, -0.25) is 4.79 Å². The highest BCUT2D eigenvalue weighted by atomic mass is 16.1. The molecule has 1 aliphatic heterocycles. The first-order valence-electron chi connectivity index (χ1n) is 8.49. The zero-order chi connectivity index (χ0) is 15.8. The molecule has 2 rings (SSSR count). The van der Waals surface area contributed by atoms with Crippen molar-refractivity contribution in [1.29, 1.82) is 0 Å². The molecule has 1 heterocycles. The number of benzene rings is 1. The Bertz CT molecular complexity index is 469. The molecule has 1 saturated heterocycles. The lowest BCUT2D eigenvalue weighted by Crippen LogP contribution is -2.32. The summed E-state index contributed by atoms with van der Waals surface area (Å²) in [6, 6.07) is 8.09. The van der Waals surface area contributed by atoms with Crippen molar-refractivity contribution in [1.82, 2.24) is 10.6 Å². The topological polar surface area (TPSA) is 53.2 Å². The normalized spacial score (nSPS) is 17.2. The van der Waals surface area contributed by atoms with Gasteiger partial charge in [0, 0.05) is 18.7 Å². The molecule has 1 atom stereocenters. The SMILES string of the molecule is CCNCc1cccc(NC(=O)CC(C)C2CCNCC2)c1. The van der Waals surface area contributed by atoms with E-state index in [-0.39, 0.29) is 5.91 Å². The van der Waals surface area contributed by atoms with Gasteiger partial charge in [0.15, 0.2) is 0 Å². The second-order valence-corrected chi connectivity index (χ2v) is 6.30. The number of nitrogens with one attached hydrogen (secondary N) is 3. The zero-order valence-electron chi connectivity index (χ0n) is 13.8. The van der Waals surface area contributed by atoms with Crippen molar-refractivity contribution in [3.63, 3.8) is 0 Å². The van der Waals surface area contributed by atoms with Gasteiger partial charge < -0.3 is 16.0 Å². The highest BCUT2D eigenvalue weighted by Crippen LogP contribution is 2.24. The Balaban J connectivity index is 1.83. The Morgan fingerprint density at radius 3 is 2.86 bits per heavy atom. The third-order valence-corrected chi connectivity index (χ3v) is 4.49. The number of rotatable bonds is 7. The molecule has 1 unspecified atom stereocenters. The van der Waals surface area contributed by atoms with E-state index in [1.54, 1.807) is 0 Å². The summed E-state index contributed by atoms with van der Waals surface area (Å²) in [5.74, 6) is 1.26. The first-order valence-corrected chi connectivity index (χ1v) is 8.49. The number of amides is 1. The zero-order valence-corrected chi connectivity index (χ0v) is 13.8. The molecule has 1 fully saturated rings. The molecule has 4 heteroatoms. The highest BCUT2D eigenvalue weighted by molar-refractivity contribution is 5.90. The van der Waals surface area contributed by atoms with E-state index in [9.17, 15) is 4.79 Å².